The van der Waals surface area contributed by atoms with Gasteiger partial charge in [0, 0.05) is 10.4 Å². The lowest BCUT2D eigenvalue weighted by Gasteiger charge is -2.44. The molecule has 1 rings (SSSR count). The molecule has 2 nitrogen and oxygen atoms in total. The van der Waals surface area contributed by atoms with Gasteiger partial charge in [-0.1, -0.05) is 20.8 Å². The molecule has 1 unspecified atom stereocenters. The average Bonchev–Trinajstić information content (AvgIpc) is 2.77. The van der Waals surface area contributed by atoms with Gasteiger partial charge < -0.3 is 5.32 Å². The summed E-state index contributed by atoms with van der Waals surface area (Å²) in [6.07, 6.45) is 1.18. The summed E-state index contributed by atoms with van der Waals surface area (Å²) < 4.78 is 0. The zero-order chi connectivity index (χ0) is 14.5. The molecule has 0 radical (unpaired) electrons. The van der Waals surface area contributed by atoms with E-state index < -0.39 is 0 Å². The van der Waals surface area contributed by atoms with E-state index in [9.17, 15) is 0 Å². The van der Waals surface area contributed by atoms with Crippen molar-refractivity contribution in [1.82, 2.24) is 10.2 Å². The van der Waals surface area contributed by atoms with Crippen molar-refractivity contribution in [3.63, 3.8) is 0 Å². The molecular formula is C16H30N2S. The predicted octanol–water partition coefficient (Wildman–Crippen LogP) is 4.22. The highest BCUT2D eigenvalue weighted by molar-refractivity contribution is 7.10. The van der Waals surface area contributed by atoms with Gasteiger partial charge in [-0.25, -0.2) is 0 Å². The molecule has 1 aromatic rings. The van der Waals surface area contributed by atoms with Crippen molar-refractivity contribution in [2.75, 3.05) is 19.6 Å². The monoisotopic (exact) mass is 282 g/mol. The Bertz CT molecular complexity index is 367. The van der Waals surface area contributed by atoms with Crippen molar-refractivity contribution in [1.29, 1.82) is 0 Å². The molecule has 0 fully saturated rings. The minimum absolute atomic E-state index is 0.133. The van der Waals surface area contributed by atoms with Crippen LogP contribution in [0.5, 0.6) is 0 Å². The maximum atomic E-state index is 3.77. The number of likely N-dealkylation sites (N-methyl/N-ethyl adjacent to an activating group) is 1. The minimum atomic E-state index is 0.133. The lowest BCUT2D eigenvalue weighted by atomic mass is 9.89. The van der Waals surface area contributed by atoms with E-state index >= 15 is 0 Å². The number of aryl methyl sites for hydroxylation is 1. The topological polar surface area (TPSA) is 15.3 Å². The van der Waals surface area contributed by atoms with Crippen LogP contribution in [-0.4, -0.2) is 30.1 Å². The highest BCUT2D eigenvalue weighted by Gasteiger charge is 2.35. The molecule has 0 aliphatic carbocycles. The Balaban J connectivity index is 3.05. The van der Waals surface area contributed by atoms with Gasteiger partial charge in [-0.15, -0.1) is 11.3 Å². The van der Waals surface area contributed by atoms with Crippen molar-refractivity contribution in [3.05, 3.63) is 21.9 Å². The summed E-state index contributed by atoms with van der Waals surface area (Å²) in [5, 5.41) is 5.98. The second kappa shape index (κ2) is 7.41. The quantitative estimate of drug-likeness (QED) is 0.768. The Hall–Kier alpha value is -0.380. The molecule has 1 aromatic heterocycles. The average molecular weight is 282 g/mol. The Morgan fingerprint density at radius 1 is 1.26 bits per heavy atom. The number of rotatable bonds is 8. The third-order valence-electron chi connectivity index (χ3n) is 4.05. The van der Waals surface area contributed by atoms with E-state index in [1.807, 2.05) is 11.3 Å². The van der Waals surface area contributed by atoms with E-state index in [-0.39, 0.29) is 5.54 Å². The Morgan fingerprint density at radius 2 is 1.89 bits per heavy atom. The molecular weight excluding hydrogens is 252 g/mol. The molecule has 0 amide bonds. The van der Waals surface area contributed by atoms with Crippen molar-refractivity contribution in [2.45, 2.75) is 59.5 Å². The molecule has 0 aliphatic rings. The van der Waals surface area contributed by atoms with Gasteiger partial charge in [-0.3, -0.25) is 4.90 Å². The zero-order valence-electron chi connectivity index (χ0n) is 13.4. The first-order valence-corrected chi connectivity index (χ1v) is 8.39. The molecule has 0 saturated carbocycles. The van der Waals surface area contributed by atoms with E-state index in [0.717, 1.165) is 19.6 Å². The standard InChI is InChI=1S/C16H30N2S/c1-7-11-17-15(14-13(4)10-12-19-14)16(5,6)18(8-2)9-3/h10,12,15,17H,7-9,11H2,1-6H3. The van der Waals surface area contributed by atoms with Crippen LogP contribution in [0.3, 0.4) is 0 Å². The van der Waals surface area contributed by atoms with Gasteiger partial charge >= 0.3 is 0 Å². The number of hydrogen-bond acceptors (Lipinski definition) is 3. The highest BCUT2D eigenvalue weighted by Crippen LogP contribution is 2.35. The maximum absolute atomic E-state index is 3.77. The van der Waals surface area contributed by atoms with Gasteiger partial charge in [-0.05, 0) is 63.8 Å². The lowest BCUT2D eigenvalue weighted by molar-refractivity contribution is 0.0923. The van der Waals surface area contributed by atoms with Crippen LogP contribution in [0.1, 0.15) is 57.5 Å². The summed E-state index contributed by atoms with van der Waals surface area (Å²) in [5.41, 5.74) is 1.55. The molecule has 19 heavy (non-hydrogen) atoms. The Kier molecular flexibility index (Phi) is 6.51. The van der Waals surface area contributed by atoms with E-state index in [1.54, 1.807) is 0 Å². The van der Waals surface area contributed by atoms with Crippen LogP contribution >= 0.6 is 11.3 Å². The molecule has 0 spiro atoms. The normalized spacial score (nSPS) is 14.1. The van der Waals surface area contributed by atoms with Crippen molar-refractivity contribution in [2.24, 2.45) is 0 Å². The number of nitrogens with zero attached hydrogens (tertiary/aromatic N) is 1. The Labute approximate surface area is 123 Å². The highest BCUT2D eigenvalue weighted by atomic mass is 32.1. The van der Waals surface area contributed by atoms with Crippen LogP contribution in [0.2, 0.25) is 0 Å². The lowest BCUT2D eigenvalue weighted by Crippen LogP contribution is -2.52. The van der Waals surface area contributed by atoms with Crippen LogP contribution in [0.15, 0.2) is 11.4 Å². The molecule has 0 aliphatic heterocycles. The molecule has 0 saturated heterocycles. The number of hydrogen-bond donors (Lipinski definition) is 1. The van der Waals surface area contributed by atoms with Crippen molar-refractivity contribution < 1.29 is 0 Å². The zero-order valence-corrected chi connectivity index (χ0v) is 14.2. The number of nitrogens with one attached hydrogen (secondary N) is 1. The molecule has 3 heteroatoms. The van der Waals surface area contributed by atoms with Crippen LogP contribution in [0.4, 0.5) is 0 Å². The molecule has 1 atom stereocenters. The van der Waals surface area contributed by atoms with E-state index in [1.165, 1.54) is 16.9 Å². The fourth-order valence-electron chi connectivity index (χ4n) is 2.85. The van der Waals surface area contributed by atoms with Gasteiger partial charge in [0.1, 0.15) is 0 Å². The third kappa shape index (κ3) is 3.80. The molecule has 0 bridgehead atoms. The molecule has 1 heterocycles. The first kappa shape index (κ1) is 16.7. The summed E-state index contributed by atoms with van der Waals surface area (Å²) in [6, 6.07) is 2.64. The SMILES string of the molecule is CCCNC(c1sccc1C)C(C)(C)N(CC)CC. The second-order valence-electron chi connectivity index (χ2n) is 5.68. The van der Waals surface area contributed by atoms with E-state index in [4.69, 9.17) is 0 Å². The summed E-state index contributed by atoms with van der Waals surface area (Å²) in [5.74, 6) is 0. The third-order valence-corrected chi connectivity index (χ3v) is 5.13. The van der Waals surface area contributed by atoms with Crippen molar-refractivity contribution in [3.8, 4) is 0 Å². The van der Waals surface area contributed by atoms with Crippen LogP contribution < -0.4 is 5.32 Å². The molecule has 110 valence electrons. The van der Waals surface area contributed by atoms with Crippen molar-refractivity contribution >= 4 is 11.3 Å². The number of thiophene rings is 1. The second-order valence-corrected chi connectivity index (χ2v) is 6.63. The van der Waals surface area contributed by atoms with Crippen LogP contribution in [0, 0.1) is 6.92 Å². The van der Waals surface area contributed by atoms with Gasteiger partial charge in [0.15, 0.2) is 0 Å². The summed E-state index contributed by atoms with van der Waals surface area (Å²) in [6.45, 7) is 17.0. The van der Waals surface area contributed by atoms with Crippen LogP contribution in [-0.2, 0) is 0 Å². The summed E-state index contributed by atoms with van der Waals surface area (Å²) in [4.78, 5) is 4.05. The fourth-order valence-corrected chi connectivity index (χ4v) is 4.03. The summed E-state index contributed by atoms with van der Waals surface area (Å²) in [7, 11) is 0. The fraction of sp³-hybridized carbons (Fsp3) is 0.750. The van der Waals surface area contributed by atoms with Crippen LogP contribution in [0.25, 0.3) is 0 Å². The smallest absolute Gasteiger partial charge is 0.0599 e. The van der Waals surface area contributed by atoms with Gasteiger partial charge in [0.05, 0.1) is 6.04 Å². The molecule has 0 aromatic carbocycles. The van der Waals surface area contributed by atoms with Gasteiger partial charge in [-0.2, -0.15) is 0 Å². The van der Waals surface area contributed by atoms with E-state index in [0.29, 0.717) is 6.04 Å². The van der Waals surface area contributed by atoms with E-state index in [2.05, 4.69) is 63.2 Å². The molecule has 1 N–H and O–H groups in total. The largest absolute Gasteiger partial charge is 0.308 e. The maximum Gasteiger partial charge on any atom is 0.0599 e. The van der Waals surface area contributed by atoms with Gasteiger partial charge in [0.25, 0.3) is 0 Å². The minimum Gasteiger partial charge on any atom is -0.308 e. The first-order valence-electron chi connectivity index (χ1n) is 7.51. The first-order chi connectivity index (χ1) is 8.98. The van der Waals surface area contributed by atoms with Gasteiger partial charge in [0.2, 0.25) is 0 Å². The Morgan fingerprint density at radius 3 is 2.32 bits per heavy atom. The predicted molar refractivity (Wildman–Crippen MR) is 87.1 cm³/mol. The summed E-state index contributed by atoms with van der Waals surface area (Å²) >= 11 is 1.88.